The van der Waals surface area contributed by atoms with E-state index in [0.717, 1.165) is 15.2 Å². The first-order valence-electron chi connectivity index (χ1n) is 10.7. The Bertz CT molecular complexity index is 1450. The van der Waals surface area contributed by atoms with Crippen LogP contribution < -0.4 is 4.74 Å². The molecule has 0 fully saturated rings. The van der Waals surface area contributed by atoms with Gasteiger partial charge >= 0.3 is 11.9 Å². The number of hydrogen-bond donors (Lipinski definition) is 2. The highest BCUT2D eigenvalue weighted by atomic mass is 79.9. The highest BCUT2D eigenvalue weighted by molar-refractivity contribution is 9.11. The summed E-state index contributed by atoms with van der Waals surface area (Å²) in [5, 5.41) is 17.4. The van der Waals surface area contributed by atoms with Crippen molar-refractivity contribution in [2.45, 2.75) is 0 Å². The molecule has 11 heteroatoms. The average molecular weight is 786 g/mol. The van der Waals surface area contributed by atoms with Crippen LogP contribution in [-0.2, 0) is 0 Å². The van der Waals surface area contributed by atoms with Crippen LogP contribution in [-0.4, -0.2) is 34.7 Å². The Morgan fingerprint density at radius 1 is 0.641 bits per heavy atom. The van der Waals surface area contributed by atoms with Crippen LogP contribution in [0, 0.1) is 0 Å². The molecule has 0 aromatic heterocycles. The van der Waals surface area contributed by atoms with E-state index < -0.39 is 11.9 Å². The number of aldehydes is 2. The van der Waals surface area contributed by atoms with E-state index in [1.54, 1.807) is 60.7 Å². The van der Waals surface area contributed by atoms with Gasteiger partial charge in [-0.3, -0.25) is 9.59 Å². The molecule has 4 rings (SSSR count). The molecule has 4 aromatic carbocycles. The molecule has 7 nitrogen and oxygen atoms in total. The third-order valence-electron chi connectivity index (χ3n) is 4.58. The number of phenolic OH excluding ortho intramolecular Hbond substituents is 1. The lowest BCUT2D eigenvalue weighted by Crippen LogP contribution is -2.08. The molecular weight excluding hydrogens is 768 g/mol. The van der Waals surface area contributed by atoms with Crippen LogP contribution >= 0.6 is 63.7 Å². The molecule has 0 heterocycles. The highest BCUT2D eigenvalue weighted by Gasteiger charge is 2.11. The number of esters is 1. The summed E-state index contributed by atoms with van der Waals surface area (Å²) in [5.41, 5.74) is 1.58. The van der Waals surface area contributed by atoms with E-state index in [0.29, 0.717) is 37.7 Å². The molecule has 0 aliphatic carbocycles. The summed E-state index contributed by atoms with van der Waals surface area (Å²) in [6.07, 6.45) is 1.39. The largest absolute Gasteiger partial charge is 0.507 e. The Labute approximate surface area is 257 Å². The number of aromatic carboxylic acids is 1. The fraction of sp³-hybridized carbons (Fsp3) is 0. The van der Waals surface area contributed by atoms with E-state index >= 15 is 0 Å². The van der Waals surface area contributed by atoms with E-state index in [4.69, 9.17) is 14.9 Å². The zero-order valence-electron chi connectivity index (χ0n) is 19.7. The number of hydrogen-bond acceptors (Lipinski definition) is 6. The SMILES string of the molecule is O=Cc1ccc(C(=O)O)cc1.O=Cc1ccc(C(=O)Oc2ccc(Br)cc2Br)cc1.Oc1ccc(Br)cc1Br. The second-order valence-corrected chi connectivity index (χ2v) is 10.9. The maximum Gasteiger partial charge on any atom is 0.343 e. The van der Waals surface area contributed by atoms with Crippen molar-refractivity contribution in [2.75, 3.05) is 0 Å². The van der Waals surface area contributed by atoms with E-state index in [1.165, 1.54) is 24.3 Å². The van der Waals surface area contributed by atoms with E-state index in [-0.39, 0.29) is 11.3 Å². The monoisotopic (exact) mass is 782 g/mol. The number of halogens is 4. The number of benzene rings is 4. The second kappa shape index (κ2) is 16.1. The molecule has 4 aromatic rings. The molecule has 200 valence electrons. The van der Waals surface area contributed by atoms with Crippen molar-refractivity contribution >= 4 is 88.2 Å². The van der Waals surface area contributed by atoms with Crippen LogP contribution in [0.3, 0.4) is 0 Å². The molecular formula is C28H18Br4O7. The standard InChI is InChI=1S/C14H8Br2O3.C8H6O3.C6H4Br2O/c15-11-5-6-13(12(16)7-11)19-14(18)10-3-1-9(8-17)2-4-10;9-5-6-1-3-7(4-2-6)8(10)11;7-4-1-2-6(9)5(8)3-4/h1-8H;1-5H,(H,10,11);1-3,9H. The molecule has 0 amide bonds. The fourth-order valence-corrected chi connectivity index (χ4v) is 4.78. The summed E-state index contributed by atoms with van der Waals surface area (Å²) in [6.45, 7) is 0. The van der Waals surface area contributed by atoms with E-state index in [2.05, 4.69) is 63.7 Å². The van der Waals surface area contributed by atoms with E-state index in [9.17, 15) is 19.2 Å². The van der Waals surface area contributed by atoms with Gasteiger partial charge in [-0.2, -0.15) is 0 Å². The minimum atomic E-state index is -0.984. The number of carbonyl (C=O) groups is 4. The van der Waals surface area contributed by atoms with Gasteiger partial charge in [0.25, 0.3) is 0 Å². The second-order valence-electron chi connectivity index (χ2n) is 7.34. The fourth-order valence-electron chi connectivity index (χ4n) is 2.60. The topological polar surface area (TPSA) is 118 Å². The number of carbonyl (C=O) groups excluding carboxylic acids is 3. The summed E-state index contributed by atoms with van der Waals surface area (Å²) in [6, 6.07) is 22.4. The Hall–Kier alpha value is -3.12. The zero-order chi connectivity index (χ0) is 28.9. The zero-order valence-corrected chi connectivity index (χ0v) is 26.0. The van der Waals surface area contributed by atoms with Crippen molar-refractivity contribution in [3.8, 4) is 11.5 Å². The number of aromatic hydroxyl groups is 1. The summed E-state index contributed by atoms with van der Waals surface area (Å²) in [5.74, 6) is -0.756. The van der Waals surface area contributed by atoms with Gasteiger partial charge in [-0.15, -0.1) is 0 Å². The molecule has 0 radical (unpaired) electrons. The lowest BCUT2D eigenvalue weighted by molar-refractivity contribution is 0.0694. The quantitative estimate of drug-likeness (QED) is 0.119. The first-order chi connectivity index (χ1) is 18.5. The Kier molecular flexibility index (Phi) is 13.2. The predicted molar refractivity (Wildman–Crippen MR) is 161 cm³/mol. The molecule has 2 N–H and O–H groups in total. The smallest absolute Gasteiger partial charge is 0.343 e. The molecule has 0 unspecified atom stereocenters. The van der Waals surface area contributed by atoms with Gasteiger partial charge in [0.15, 0.2) is 0 Å². The molecule has 0 bridgehead atoms. The molecule has 0 aliphatic heterocycles. The summed E-state index contributed by atoms with van der Waals surface area (Å²) in [4.78, 5) is 42.9. The lowest BCUT2D eigenvalue weighted by Gasteiger charge is -2.06. The predicted octanol–water partition coefficient (Wildman–Crippen LogP) is 8.36. The summed E-state index contributed by atoms with van der Waals surface area (Å²) in [7, 11) is 0. The third kappa shape index (κ3) is 10.9. The number of phenols is 1. The number of ether oxygens (including phenoxy) is 1. The van der Waals surface area contributed by atoms with Crippen molar-refractivity contribution in [1.82, 2.24) is 0 Å². The van der Waals surface area contributed by atoms with Crippen molar-refractivity contribution in [1.29, 1.82) is 0 Å². The van der Waals surface area contributed by atoms with Crippen molar-refractivity contribution in [2.24, 2.45) is 0 Å². The molecule has 39 heavy (non-hydrogen) atoms. The van der Waals surface area contributed by atoms with Crippen molar-refractivity contribution in [3.63, 3.8) is 0 Å². The van der Waals surface area contributed by atoms with Crippen LogP contribution in [0.4, 0.5) is 0 Å². The van der Waals surface area contributed by atoms with Gasteiger partial charge in [-0.1, -0.05) is 56.1 Å². The minimum Gasteiger partial charge on any atom is -0.507 e. The maximum atomic E-state index is 11.9. The van der Waals surface area contributed by atoms with Crippen LogP contribution in [0.1, 0.15) is 41.4 Å². The van der Waals surface area contributed by atoms with Gasteiger partial charge in [-0.05, 0) is 92.5 Å². The van der Waals surface area contributed by atoms with Crippen LogP contribution in [0.25, 0.3) is 0 Å². The first kappa shape index (κ1) is 32.1. The number of carboxylic acids is 1. The third-order valence-corrected chi connectivity index (χ3v) is 6.82. The van der Waals surface area contributed by atoms with Gasteiger partial charge in [-0.25, -0.2) is 9.59 Å². The van der Waals surface area contributed by atoms with E-state index in [1.807, 2.05) is 0 Å². The Balaban J connectivity index is 0.000000226. The number of rotatable bonds is 5. The normalized spacial score (nSPS) is 9.64. The van der Waals surface area contributed by atoms with Gasteiger partial charge in [0.1, 0.15) is 24.1 Å². The summed E-state index contributed by atoms with van der Waals surface area (Å²) >= 11 is 13.1. The molecule has 0 spiro atoms. The van der Waals surface area contributed by atoms with Crippen molar-refractivity contribution < 1.29 is 34.1 Å². The summed E-state index contributed by atoms with van der Waals surface area (Å²) < 4.78 is 8.49. The van der Waals surface area contributed by atoms with Gasteiger partial charge < -0.3 is 14.9 Å². The maximum absolute atomic E-state index is 11.9. The van der Waals surface area contributed by atoms with Crippen LogP contribution in [0.15, 0.2) is 103 Å². The minimum absolute atomic E-state index is 0.190. The molecule has 0 saturated heterocycles. The van der Waals surface area contributed by atoms with Crippen molar-refractivity contribution in [3.05, 3.63) is 125 Å². The first-order valence-corrected chi connectivity index (χ1v) is 13.9. The van der Waals surface area contributed by atoms with Gasteiger partial charge in [0, 0.05) is 20.1 Å². The average Bonchev–Trinajstić information content (AvgIpc) is 2.93. The Morgan fingerprint density at radius 2 is 1.10 bits per heavy atom. The number of carboxylic acid groups (broad SMARTS) is 1. The molecule has 0 atom stereocenters. The Morgan fingerprint density at radius 3 is 1.51 bits per heavy atom. The molecule has 0 aliphatic rings. The molecule has 0 saturated carbocycles. The highest BCUT2D eigenvalue weighted by Crippen LogP contribution is 2.29. The lowest BCUT2D eigenvalue weighted by atomic mass is 10.1. The van der Waals surface area contributed by atoms with Gasteiger partial charge in [0.05, 0.1) is 20.1 Å². The van der Waals surface area contributed by atoms with Gasteiger partial charge in [0.2, 0.25) is 0 Å². The van der Waals surface area contributed by atoms with Crippen LogP contribution in [0.5, 0.6) is 11.5 Å². The van der Waals surface area contributed by atoms with Crippen LogP contribution in [0.2, 0.25) is 0 Å².